The number of carbonyl (C=O) groups is 1. The number of hydrogen-bond donors (Lipinski definition) is 2. The van der Waals surface area contributed by atoms with E-state index < -0.39 is 0 Å². The smallest absolute Gasteiger partial charge is 0.225 e. The van der Waals surface area contributed by atoms with E-state index in [-0.39, 0.29) is 5.91 Å². The highest BCUT2D eigenvalue weighted by Crippen LogP contribution is 2.25. The Balaban J connectivity index is 1.63. The molecule has 3 aromatic heterocycles. The van der Waals surface area contributed by atoms with E-state index in [1.54, 1.807) is 11.3 Å². The first-order valence-electron chi connectivity index (χ1n) is 8.36. The van der Waals surface area contributed by atoms with Crippen LogP contribution in [0.15, 0.2) is 17.5 Å². The molecule has 0 saturated heterocycles. The molecule has 7 heteroatoms. The van der Waals surface area contributed by atoms with Crippen LogP contribution in [0.3, 0.4) is 0 Å². The number of amides is 1. The largest absolute Gasteiger partial charge is 0.382 e. The summed E-state index contributed by atoms with van der Waals surface area (Å²) in [6.45, 7) is 7.41. The predicted molar refractivity (Wildman–Crippen MR) is 102 cm³/mol. The van der Waals surface area contributed by atoms with E-state index in [0.29, 0.717) is 18.8 Å². The molecule has 0 atom stereocenters. The van der Waals surface area contributed by atoms with Crippen molar-refractivity contribution in [1.29, 1.82) is 0 Å². The van der Waals surface area contributed by atoms with E-state index in [4.69, 9.17) is 5.73 Å². The van der Waals surface area contributed by atoms with Crippen LogP contribution in [0, 0.1) is 20.8 Å². The van der Waals surface area contributed by atoms with Crippen molar-refractivity contribution in [3.63, 3.8) is 0 Å². The molecule has 3 rings (SSSR count). The van der Waals surface area contributed by atoms with Crippen molar-refractivity contribution in [2.24, 2.45) is 0 Å². The molecule has 3 heterocycles. The maximum Gasteiger partial charge on any atom is 0.225 e. The summed E-state index contributed by atoms with van der Waals surface area (Å²) in [5.74, 6) is 1.46. The normalized spacial score (nSPS) is 11.2. The van der Waals surface area contributed by atoms with Gasteiger partial charge in [0.1, 0.15) is 11.3 Å². The number of nitrogens with one attached hydrogen (secondary N) is 1. The van der Waals surface area contributed by atoms with Crippen molar-refractivity contribution >= 4 is 34.1 Å². The van der Waals surface area contributed by atoms with Gasteiger partial charge in [0, 0.05) is 23.7 Å². The summed E-state index contributed by atoms with van der Waals surface area (Å²) >= 11 is 1.61. The van der Waals surface area contributed by atoms with Crippen LogP contribution in [0.5, 0.6) is 0 Å². The highest BCUT2D eigenvalue weighted by atomic mass is 32.1. The van der Waals surface area contributed by atoms with Crippen LogP contribution in [0.25, 0.3) is 11.0 Å². The summed E-state index contributed by atoms with van der Waals surface area (Å²) in [6.07, 6.45) is 1.29. The fourth-order valence-corrected chi connectivity index (χ4v) is 3.69. The van der Waals surface area contributed by atoms with Crippen LogP contribution in [0.2, 0.25) is 0 Å². The molecule has 0 aliphatic carbocycles. The number of imidazole rings is 1. The molecule has 0 aromatic carbocycles. The molecular formula is C18H23N5OS. The lowest BCUT2D eigenvalue weighted by atomic mass is 10.2. The molecule has 25 heavy (non-hydrogen) atoms. The van der Waals surface area contributed by atoms with Gasteiger partial charge in [-0.3, -0.25) is 4.79 Å². The zero-order valence-corrected chi connectivity index (χ0v) is 15.6. The van der Waals surface area contributed by atoms with Gasteiger partial charge >= 0.3 is 0 Å². The first-order valence-corrected chi connectivity index (χ1v) is 9.24. The lowest BCUT2D eigenvalue weighted by Crippen LogP contribution is -2.26. The molecule has 0 radical (unpaired) electrons. The second kappa shape index (κ2) is 7.23. The number of nitrogen functional groups attached to an aromatic ring is 1. The lowest BCUT2D eigenvalue weighted by molar-refractivity contribution is -0.120. The number of aryl methyl sites for hydroxylation is 4. The first-order chi connectivity index (χ1) is 12.0. The third kappa shape index (κ3) is 3.66. The number of nitrogens with two attached hydrogens (primary N) is 1. The Bertz CT molecular complexity index is 898. The van der Waals surface area contributed by atoms with Gasteiger partial charge < -0.3 is 15.6 Å². The quantitative estimate of drug-likeness (QED) is 0.664. The Morgan fingerprint density at radius 1 is 1.32 bits per heavy atom. The summed E-state index contributed by atoms with van der Waals surface area (Å²) in [5.41, 5.74) is 9.87. The summed E-state index contributed by atoms with van der Waals surface area (Å²) in [6, 6.07) is 3.94. The molecule has 6 nitrogen and oxygen atoms in total. The molecule has 1 amide bonds. The molecule has 0 bridgehead atoms. The Morgan fingerprint density at radius 3 is 2.84 bits per heavy atom. The van der Waals surface area contributed by atoms with Gasteiger partial charge in [-0.15, -0.1) is 11.3 Å². The number of hydrogen-bond acceptors (Lipinski definition) is 5. The highest BCUT2D eigenvalue weighted by Gasteiger charge is 2.15. The minimum Gasteiger partial charge on any atom is -0.382 e. The van der Waals surface area contributed by atoms with Crippen LogP contribution < -0.4 is 11.1 Å². The van der Waals surface area contributed by atoms with E-state index in [1.807, 2.05) is 38.3 Å². The minimum absolute atomic E-state index is 0.0649. The first kappa shape index (κ1) is 17.4. The average molecular weight is 357 g/mol. The van der Waals surface area contributed by atoms with Gasteiger partial charge in [0.25, 0.3) is 0 Å². The Morgan fingerprint density at radius 2 is 2.12 bits per heavy atom. The van der Waals surface area contributed by atoms with E-state index in [0.717, 1.165) is 46.0 Å². The van der Waals surface area contributed by atoms with Crippen LogP contribution >= 0.6 is 11.3 Å². The predicted octanol–water partition coefficient (Wildman–Crippen LogP) is 2.75. The number of carbonyl (C=O) groups excluding carboxylic acids is 1. The van der Waals surface area contributed by atoms with Crippen LogP contribution in [-0.4, -0.2) is 27.0 Å². The minimum atomic E-state index is 0.0649. The summed E-state index contributed by atoms with van der Waals surface area (Å²) < 4.78 is 2.17. The molecule has 0 aliphatic heterocycles. The van der Waals surface area contributed by atoms with Gasteiger partial charge in [-0.25, -0.2) is 9.97 Å². The molecule has 3 N–H and O–H groups in total. The molecule has 0 unspecified atom stereocenters. The van der Waals surface area contributed by atoms with E-state index in [9.17, 15) is 4.79 Å². The van der Waals surface area contributed by atoms with Crippen molar-refractivity contribution in [3.8, 4) is 0 Å². The Kier molecular flexibility index (Phi) is 5.03. The van der Waals surface area contributed by atoms with Crippen LogP contribution in [0.1, 0.15) is 28.4 Å². The van der Waals surface area contributed by atoms with E-state index in [1.165, 1.54) is 0 Å². The van der Waals surface area contributed by atoms with Gasteiger partial charge in [-0.2, -0.15) is 0 Å². The van der Waals surface area contributed by atoms with Crippen molar-refractivity contribution in [2.75, 3.05) is 12.3 Å². The zero-order valence-electron chi connectivity index (χ0n) is 14.8. The number of aromatic nitrogens is 3. The van der Waals surface area contributed by atoms with Gasteiger partial charge in [-0.1, -0.05) is 6.07 Å². The number of thiophene rings is 1. The maximum atomic E-state index is 11.9. The van der Waals surface area contributed by atoms with E-state index in [2.05, 4.69) is 19.9 Å². The van der Waals surface area contributed by atoms with Crippen molar-refractivity contribution in [2.45, 2.75) is 40.2 Å². The zero-order chi connectivity index (χ0) is 18.0. The molecule has 3 aromatic rings. The van der Waals surface area contributed by atoms with Gasteiger partial charge in [0.15, 0.2) is 5.82 Å². The fraction of sp³-hybridized carbons (Fsp3) is 0.389. The molecule has 132 valence electrons. The van der Waals surface area contributed by atoms with Crippen LogP contribution in [0.4, 0.5) is 5.82 Å². The number of rotatable bonds is 6. The number of nitrogens with zero attached hydrogens (tertiary/aromatic N) is 3. The van der Waals surface area contributed by atoms with Gasteiger partial charge in [0.05, 0.1) is 11.9 Å². The molecular weight excluding hydrogens is 334 g/mol. The molecule has 0 fully saturated rings. The average Bonchev–Trinajstić information content (AvgIpc) is 3.18. The monoisotopic (exact) mass is 357 g/mol. The topological polar surface area (TPSA) is 85.8 Å². The van der Waals surface area contributed by atoms with Crippen molar-refractivity contribution < 1.29 is 4.79 Å². The SMILES string of the molecule is Cc1nc(N)c2nc(C)n(CCCNC(=O)Cc3cccs3)c2c1C. The molecule has 0 spiro atoms. The van der Waals surface area contributed by atoms with Crippen molar-refractivity contribution in [3.05, 3.63) is 39.5 Å². The van der Waals surface area contributed by atoms with Gasteiger partial charge in [0.2, 0.25) is 5.91 Å². The second-order valence-electron chi connectivity index (χ2n) is 6.17. The van der Waals surface area contributed by atoms with Gasteiger partial charge in [-0.05, 0) is 44.2 Å². The third-order valence-electron chi connectivity index (χ3n) is 4.38. The molecule has 0 aliphatic rings. The van der Waals surface area contributed by atoms with E-state index >= 15 is 0 Å². The maximum absolute atomic E-state index is 11.9. The second-order valence-corrected chi connectivity index (χ2v) is 7.21. The summed E-state index contributed by atoms with van der Waals surface area (Å²) in [5, 5.41) is 4.97. The standard InChI is InChI=1S/C18H23N5OS/c1-11-12(2)21-18(19)16-17(11)23(13(3)22-16)8-5-7-20-15(24)10-14-6-4-9-25-14/h4,6,9H,5,7-8,10H2,1-3H3,(H2,19,21)(H,20,24). The number of fused-ring (bicyclic) bond motifs is 1. The molecule has 0 saturated carbocycles. The van der Waals surface area contributed by atoms with Crippen molar-refractivity contribution in [1.82, 2.24) is 19.9 Å². The highest BCUT2D eigenvalue weighted by molar-refractivity contribution is 7.10. The number of pyridine rings is 1. The lowest BCUT2D eigenvalue weighted by Gasteiger charge is -2.11. The Hall–Kier alpha value is -2.41. The summed E-state index contributed by atoms with van der Waals surface area (Å²) in [4.78, 5) is 22.0. The summed E-state index contributed by atoms with van der Waals surface area (Å²) in [7, 11) is 0. The third-order valence-corrected chi connectivity index (χ3v) is 5.26. The fourth-order valence-electron chi connectivity index (χ4n) is 2.98. The number of anilines is 1. The Labute approximate surface area is 151 Å². The van der Waals surface area contributed by atoms with Crippen LogP contribution in [-0.2, 0) is 17.8 Å².